The Morgan fingerprint density at radius 1 is 0.952 bits per heavy atom. The molecule has 0 fully saturated rings. The lowest BCUT2D eigenvalue weighted by atomic mass is 10.1. The van der Waals surface area contributed by atoms with Crippen LogP contribution < -0.4 is 0 Å². The van der Waals surface area contributed by atoms with E-state index < -0.39 is 8.32 Å². The van der Waals surface area contributed by atoms with E-state index in [4.69, 9.17) is 4.43 Å². The molecule has 112 valence electrons. The first-order valence-electron chi connectivity index (χ1n) is 7.36. The van der Waals surface area contributed by atoms with Crippen LogP contribution in [-0.4, -0.2) is 8.32 Å². The highest BCUT2D eigenvalue weighted by Crippen LogP contribution is 2.35. The van der Waals surface area contributed by atoms with Crippen molar-refractivity contribution in [3.63, 3.8) is 0 Å². The maximum absolute atomic E-state index is 6.25. The van der Waals surface area contributed by atoms with Gasteiger partial charge in [-0.1, -0.05) is 47.7 Å². The third-order valence-electron chi connectivity index (χ3n) is 3.14. The van der Waals surface area contributed by atoms with E-state index in [9.17, 15) is 0 Å². The molecule has 3 heteroatoms. The van der Waals surface area contributed by atoms with Crippen LogP contribution in [0.3, 0.4) is 0 Å². The maximum atomic E-state index is 6.25. The van der Waals surface area contributed by atoms with E-state index in [1.807, 2.05) is 11.8 Å². The molecule has 1 atom stereocenters. The normalized spacial score (nSPS) is 13.2. The summed E-state index contributed by atoms with van der Waals surface area (Å²) in [5.41, 5.74) is 2.58. The Kier molecular flexibility index (Phi) is 5.30. The molecule has 1 nitrogen and oxygen atoms in total. The first-order chi connectivity index (χ1) is 9.85. The van der Waals surface area contributed by atoms with Gasteiger partial charge in [0.15, 0.2) is 8.32 Å². The zero-order valence-corrected chi connectivity index (χ0v) is 15.3. The van der Waals surface area contributed by atoms with E-state index in [2.05, 4.69) is 82.0 Å². The second-order valence-electron chi connectivity index (χ2n) is 6.33. The molecule has 0 spiro atoms. The molecule has 21 heavy (non-hydrogen) atoms. The van der Waals surface area contributed by atoms with Gasteiger partial charge in [-0.15, -0.1) is 0 Å². The molecule has 2 aromatic carbocycles. The SMILES string of the molecule is Cc1ccc(Sc2ccccc2[C@@H](C)O[Si](C)(C)C)cc1. The second kappa shape index (κ2) is 6.82. The van der Waals surface area contributed by atoms with Gasteiger partial charge in [-0.05, 0) is 57.3 Å². The van der Waals surface area contributed by atoms with Crippen molar-refractivity contribution in [2.75, 3.05) is 0 Å². The van der Waals surface area contributed by atoms with E-state index in [0.717, 1.165) is 0 Å². The molecule has 0 aliphatic rings. The van der Waals surface area contributed by atoms with E-state index >= 15 is 0 Å². The summed E-state index contributed by atoms with van der Waals surface area (Å²) in [6.07, 6.45) is 0.144. The van der Waals surface area contributed by atoms with Gasteiger partial charge in [0, 0.05) is 9.79 Å². The standard InChI is InChI=1S/C18H24OSSi/c1-14-10-12-16(13-11-14)20-18-9-7-6-8-17(18)15(2)19-21(3,4)5/h6-13,15H,1-5H3/t15-/m1/s1. The van der Waals surface area contributed by atoms with Crippen molar-refractivity contribution in [1.29, 1.82) is 0 Å². The van der Waals surface area contributed by atoms with Gasteiger partial charge in [0.1, 0.15) is 0 Å². The number of aryl methyl sites for hydroxylation is 1. The Bertz CT molecular complexity index is 587. The van der Waals surface area contributed by atoms with Gasteiger partial charge in [0.05, 0.1) is 6.10 Å². The van der Waals surface area contributed by atoms with Crippen molar-refractivity contribution < 1.29 is 4.43 Å². The Morgan fingerprint density at radius 3 is 2.19 bits per heavy atom. The van der Waals surface area contributed by atoms with Gasteiger partial charge in [-0.2, -0.15) is 0 Å². The molecule has 0 bridgehead atoms. The van der Waals surface area contributed by atoms with E-state index in [1.165, 1.54) is 20.9 Å². The van der Waals surface area contributed by atoms with Gasteiger partial charge in [0.25, 0.3) is 0 Å². The maximum Gasteiger partial charge on any atom is 0.184 e. The Morgan fingerprint density at radius 2 is 1.57 bits per heavy atom. The molecule has 0 amide bonds. The topological polar surface area (TPSA) is 9.23 Å². The first kappa shape index (κ1) is 16.3. The molecule has 0 aromatic heterocycles. The van der Waals surface area contributed by atoms with Crippen LogP contribution in [0.4, 0.5) is 0 Å². The number of hydrogen-bond donors (Lipinski definition) is 0. The third kappa shape index (κ3) is 5.02. The van der Waals surface area contributed by atoms with Crippen molar-refractivity contribution in [2.24, 2.45) is 0 Å². The summed E-state index contributed by atoms with van der Waals surface area (Å²) in [6.45, 7) is 11.0. The van der Waals surface area contributed by atoms with E-state index in [0.29, 0.717) is 0 Å². The Labute approximate surface area is 133 Å². The highest BCUT2D eigenvalue weighted by molar-refractivity contribution is 7.99. The first-order valence-corrected chi connectivity index (χ1v) is 11.6. The smallest absolute Gasteiger partial charge is 0.184 e. The molecule has 2 aromatic rings. The minimum atomic E-state index is -1.53. The van der Waals surface area contributed by atoms with Crippen LogP contribution in [0.25, 0.3) is 0 Å². The predicted molar refractivity (Wildman–Crippen MR) is 94.6 cm³/mol. The highest BCUT2D eigenvalue weighted by atomic mass is 32.2. The third-order valence-corrected chi connectivity index (χ3v) is 5.30. The fraction of sp³-hybridized carbons (Fsp3) is 0.333. The molecule has 0 saturated carbocycles. The summed E-state index contributed by atoms with van der Waals surface area (Å²) in [4.78, 5) is 2.56. The number of benzene rings is 2. The zero-order chi connectivity index (χ0) is 15.5. The predicted octanol–water partition coefficient (Wildman–Crippen LogP) is 6.06. The molecule has 0 unspecified atom stereocenters. The van der Waals surface area contributed by atoms with Crippen molar-refractivity contribution in [3.8, 4) is 0 Å². The second-order valence-corrected chi connectivity index (χ2v) is 11.9. The molecule has 0 radical (unpaired) electrons. The number of rotatable bonds is 5. The Balaban J connectivity index is 2.22. The molecular weight excluding hydrogens is 292 g/mol. The minimum absolute atomic E-state index is 0.144. The lowest BCUT2D eigenvalue weighted by Crippen LogP contribution is -2.27. The van der Waals surface area contributed by atoms with Gasteiger partial charge in [0.2, 0.25) is 0 Å². The largest absolute Gasteiger partial charge is 0.411 e. The monoisotopic (exact) mass is 316 g/mol. The van der Waals surface area contributed by atoms with Gasteiger partial charge in [-0.3, -0.25) is 0 Å². The van der Waals surface area contributed by atoms with Crippen LogP contribution in [0.15, 0.2) is 58.3 Å². The van der Waals surface area contributed by atoms with Crippen molar-refractivity contribution in [3.05, 3.63) is 59.7 Å². The van der Waals surface area contributed by atoms with Crippen LogP contribution in [0.1, 0.15) is 24.2 Å². The van der Waals surface area contributed by atoms with Gasteiger partial charge < -0.3 is 4.43 Å². The average Bonchev–Trinajstić information content (AvgIpc) is 2.40. The van der Waals surface area contributed by atoms with Gasteiger partial charge in [-0.25, -0.2) is 0 Å². The molecule has 0 aliphatic carbocycles. The summed E-state index contributed by atoms with van der Waals surface area (Å²) >= 11 is 1.81. The van der Waals surface area contributed by atoms with Crippen molar-refractivity contribution >= 4 is 20.1 Å². The van der Waals surface area contributed by atoms with E-state index in [1.54, 1.807) is 0 Å². The summed E-state index contributed by atoms with van der Waals surface area (Å²) in [7, 11) is -1.53. The van der Waals surface area contributed by atoms with Gasteiger partial charge >= 0.3 is 0 Å². The van der Waals surface area contributed by atoms with Crippen molar-refractivity contribution in [1.82, 2.24) is 0 Å². The fourth-order valence-corrected chi connectivity index (χ4v) is 4.45. The summed E-state index contributed by atoms with van der Waals surface area (Å²) in [6, 6.07) is 17.2. The fourth-order valence-electron chi connectivity index (χ4n) is 2.24. The van der Waals surface area contributed by atoms with E-state index in [-0.39, 0.29) is 6.10 Å². The zero-order valence-electron chi connectivity index (χ0n) is 13.5. The summed E-state index contributed by atoms with van der Waals surface area (Å²) < 4.78 is 6.25. The summed E-state index contributed by atoms with van der Waals surface area (Å²) in [5.74, 6) is 0. The molecule has 0 aliphatic heterocycles. The molecular formula is C18H24OSSi. The molecule has 2 rings (SSSR count). The summed E-state index contributed by atoms with van der Waals surface area (Å²) in [5, 5.41) is 0. The molecule has 0 N–H and O–H groups in total. The van der Waals surface area contributed by atoms with Crippen LogP contribution in [0, 0.1) is 6.92 Å². The number of hydrogen-bond acceptors (Lipinski definition) is 2. The van der Waals surface area contributed by atoms with Crippen LogP contribution in [0.5, 0.6) is 0 Å². The van der Waals surface area contributed by atoms with Crippen LogP contribution in [-0.2, 0) is 4.43 Å². The lowest BCUT2D eigenvalue weighted by molar-refractivity contribution is 0.216. The lowest BCUT2D eigenvalue weighted by Gasteiger charge is -2.25. The van der Waals surface area contributed by atoms with Crippen LogP contribution >= 0.6 is 11.8 Å². The highest BCUT2D eigenvalue weighted by Gasteiger charge is 2.21. The molecule has 0 heterocycles. The quantitative estimate of drug-likeness (QED) is 0.620. The molecule has 0 saturated heterocycles. The van der Waals surface area contributed by atoms with Crippen molar-refractivity contribution in [2.45, 2.75) is 49.4 Å². The van der Waals surface area contributed by atoms with Crippen LogP contribution in [0.2, 0.25) is 19.6 Å². The Hall–Kier alpha value is -1.03. The minimum Gasteiger partial charge on any atom is -0.411 e. The average molecular weight is 317 g/mol.